The molecule has 2 rings (SSSR count). The van der Waals surface area contributed by atoms with Crippen molar-refractivity contribution in [3.8, 4) is 0 Å². The molecule has 2 aromatic rings. The maximum absolute atomic E-state index is 12.9. The van der Waals surface area contributed by atoms with Gasteiger partial charge in [-0.1, -0.05) is 13.8 Å². The Balaban J connectivity index is 2.30. The lowest BCUT2D eigenvalue weighted by molar-refractivity contribution is -0.136. The first kappa shape index (κ1) is 17.5. The molecule has 1 amide bonds. The van der Waals surface area contributed by atoms with Gasteiger partial charge in [0.05, 0.1) is 17.4 Å². The van der Waals surface area contributed by atoms with E-state index in [1.807, 2.05) is 9.47 Å². The van der Waals surface area contributed by atoms with Crippen molar-refractivity contribution in [2.24, 2.45) is 0 Å². The first-order chi connectivity index (χ1) is 10.9. The SMILES string of the molecule is CCC(C)N(C(=O)Cn1cnc2cc(C)c(C)cc21)C(C)CC. The van der Waals surface area contributed by atoms with Crippen LogP contribution in [0.2, 0.25) is 0 Å². The van der Waals surface area contributed by atoms with Crippen LogP contribution in [0.1, 0.15) is 51.7 Å². The van der Waals surface area contributed by atoms with Crippen molar-refractivity contribution in [2.45, 2.75) is 73.0 Å². The molecule has 0 aliphatic carbocycles. The molecule has 0 N–H and O–H groups in total. The Bertz CT molecular complexity index is 679. The summed E-state index contributed by atoms with van der Waals surface area (Å²) in [4.78, 5) is 19.4. The molecule has 0 fully saturated rings. The van der Waals surface area contributed by atoms with Gasteiger partial charge in [-0.3, -0.25) is 4.79 Å². The molecule has 0 spiro atoms. The van der Waals surface area contributed by atoms with E-state index in [0.29, 0.717) is 6.54 Å². The molecule has 0 radical (unpaired) electrons. The number of hydrogen-bond donors (Lipinski definition) is 0. The molecular formula is C19H29N3O. The monoisotopic (exact) mass is 315 g/mol. The van der Waals surface area contributed by atoms with Gasteiger partial charge < -0.3 is 9.47 Å². The third kappa shape index (κ3) is 3.57. The van der Waals surface area contributed by atoms with Crippen molar-refractivity contribution in [1.82, 2.24) is 14.5 Å². The summed E-state index contributed by atoms with van der Waals surface area (Å²) >= 11 is 0. The zero-order valence-electron chi connectivity index (χ0n) is 15.3. The van der Waals surface area contributed by atoms with Gasteiger partial charge >= 0.3 is 0 Å². The number of nitrogens with zero attached hydrogens (tertiary/aromatic N) is 3. The largest absolute Gasteiger partial charge is 0.336 e. The maximum Gasteiger partial charge on any atom is 0.243 e. The average molecular weight is 315 g/mol. The number of carbonyl (C=O) groups is 1. The highest BCUT2D eigenvalue weighted by molar-refractivity contribution is 5.82. The van der Waals surface area contributed by atoms with Crippen molar-refractivity contribution in [3.63, 3.8) is 0 Å². The fourth-order valence-electron chi connectivity index (χ4n) is 2.99. The molecule has 1 aromatic carbocycles. The predicted octanol–water partition coefficient (Wildman–Crippen LogP) is 4.08. The summed E-state index contributed by atoms with van der Waals surface area (Å²) in [5.41, 5.74) is 4.46. The number of benzene rings is 1. The molecule has 126 valence electrons. The molecule has 0 bridgehead atoms. The quantitative estimate of drug-likeness (QED) is 0.805. The Hall–Kier alpha value is -1.84. The second-order valence-corrected chi connectivity index (χ2v) is 6.61. The summed E-state index contributed by atoms with van der Waals surface area (Å²) in [6, 6.07) is 4.74. The number of fused-ring (bicyclic) bond motifs is 1. The van der Waals surface area contributed by atoms with E-state index in [2.05, 4.69) is 58.7 Å². The maximum atomic E-state index is 12.9. The molecule has 2 unspecified atom stereocenters. The second kappa shape index (κ2) is 7.16. The van der Waals surface area contributed by atoms with Crippen molar-refractivity contribution in [3.05, 3.63) is 29.6 Å². The summed E-state index contributed by atoms with van der Waals surface area (Å²) in [7, 11) is 0. The van der Waals surface area contributed by atoms with Crippen LogP contribution in [0.5, 0.6) is 0 Å². The van der Waals surface area contributed by atoms with Crippen LogP contribution in [0.3, 0.4) is 0 Å². The number of aromatic nitrogens is 2. The van der Waals surface area contributed by atoms with Gasteiger partial charge in [0, 0.05) is 12.1 Å². The van der Waals surface area contributed by atoms with E-state index in [1.165, 1.54) is 11.1 Å². The molecule has 23 heavy (non-hydrogen) atoms. The van der Waals surface area contributed by atoms with Gasteiger partial charge in [-0.15, -0.1) is 0 Å². The number of imidazole rings is 1. The molecule has 1 heterocycles. The van der Waals surface area contributed by atoms with E-state index >= 15 is 0 Å². The lowest BCUT2D eigenvalue weighted by atomic mass is 10.1. The standard InChI is InChI=1S/C19H29N3O/c1-7-15(5)22(16(6)8-2)19(23)11-21-12-20-17-9-13(3)14(4)10-18(17)21/h9-10,12,15-16H,7-8,11H2,1-6H3. The molecule has 2 atom stereocenters. The second-order valence-electron chi connectivity index (χ2n) is 6.61. The van der Waals surface area contributed by atoms with Crippen LogP contribution >= 0.6 is 0 Å². The van der Waals surface area contributed by atoms with Gasteiger partial charge in [-0.05, 0) is 63.8 Å². The van der Waals surface area contributed by atoms with Crippen LogP contribution in [0.4, 0.5) is 0 Å². The normalized spacial score (nSPS) is 14.0. The number of rotatable bonds is 6. The van der Waals surface area contributed by atoms with Crippen molar-refractivity contribution in [2.75, 3.05) is 0 Å². The van der Waals surface area contributed by atoms with Crippen molar-refractivity contribution >= 4 is 16.9 Å². The molecule has 0 saturated carbocycles. The van der Waals surface area contributed by atoms with Crippen LogP contribution < -0.4 is 0 Å². The number of hydrogen-bond acceptors (Lipinski definition) is 2. The van der Waals surface area contributed by atoms with E-state index in [0.717, 1.165) is 23.9 Å². The topological polar surface area (TPSA) is 38.1 Å². The van der Waals surface area contributed by atoms with Crippen LogP contribution in [-0.4, -0.2) is 32.4 Å². The summed E-state index contributed by atoms with van der Waals surface area (Å²) < 4.78 is 1.97. The average Bonchev–Trinajstić information content (AvgIpc) is 2.89. The fourth-order valence-corrected chi connectivity index (χ4v) is 2.99. The summed E-state index contributed by atoms with van der Waals surface area (Å²) in [5, 5.41) is 0. The summed E-state index contributed by atoms with van der Waals surface area (Å²) in [6.45, 7) is 13.1. The Morgan fingerprint density at radius 3 is 2.26 bits per heavy atom. The first-order valence-electron chi connectivity index (χ1n) is 8.62. The van der Waals surface area contributed by atoms with E-state index < -0.39 is 0 Å². The van der Waals surface area contributed by atoms with Crippen molar-refractivity contribution < 1.29 is 4.79 Å². The van der Waals surface area contributed by atoms with E-state index in [-0.39, 0.29) is 18.0 Å². The highest BCUT2D eigenvalue weighted by Crippen LogP contribution is 2.19. The highest BCUT2D eigenvalue weighted by Gasteiger charge is 2.24. The third-order valence-electron chi connectivity index (χ3n) is 4.96. The minimum atomic E-state index is 0.172. The zero-order chi connectivity index (χ0) is 17.1. The van der Waals surface area contributed by atoms with Gasteiger partial charge in [-0.25, -0.2) is 4.98 Å². The molecule has 0 aliphatic heterocycles. The Morgan fingerprint density at radius 2 is 1.70 bits per heavy atom. The van der Waals surface area contributed by atoms with Gasteiger partial charge in [0.2, 0.25) is 5.91 Å². The van der Waals surface area contributed by atoms with Gasteiger partial charge in [0.25, 0.3) is 0 Å². The molecule has 4 nitrogen and oxygen atoms in total. The van der Waals surface area contributed by atoms with E-state index in [9.17, 15) is 4.79 Å². The van der Waals surface area contributed by atoms with Gasteiger partial charge in [0.1, 0.15) is 6.54 Å². The number of carbonyl (C=O) groups excluding carboxylic acids is 1. The van der Waals surface area contributed by atoms with Crippen molar-refractivity contribution in [1.29, 1.82) is 0 Å². The first-order valence-corrected chi connectivity index (χ1v) is 8.62. The minimum absolute atomic E-state index is 0.172. The molecule has 0 saturated heterocycles. The predicted molar refractivity (Wildman–Crippen MR) is 95.6 cm³/mol. The van der Waals surface area contributed by atoms with Crippen LogP contribution in [0.25, 0.3) is 11.0 Å². The van der Waals surface area contributed by atoms with Gasteiger partial charge in [-0.2, -0.15) is 0 Å². The zero-order valence-corrected chi connectivity index (χ0v) is 15.3. The molecule has 4 heteroatoms. The Morgan fingerprint density at radius 1 is 1.13 bits per heavy atom. The van der Waals surface area contributed by atoms with Crippen LogP contribution in [0, 0.1) is 13.8 Å². The lowest BCUT2D eigenvalue weighted by Crippen LogP contribution is -2.45. The highest BCUT2D eigenvalue weighted by atomic mass is 16.2. The van der Waals surface area contributed by atoms with E-state index in [1.54, 1.807) is 6.33 Å². The lowest BCUT2D eigenvalue weighted by Gasteiger charge is -2.34. The van der Waals surface area contributed by atoms with Crippen LogP contribution in [0.15, 0.2) is 18.5 Å². The Kier molecular flexibility index (Phi) is 5.45. The molecule has 1 aromatic heterocycles. The third-order valence-corrected chi connectivity index (χ3v) is 4.96. The summed E-state index contributed by atoms with van der Waals surface area (Å²) in [5.74, 6) is 0.172. The number of aryl methyl sites for hydroxylation is 2. The van der Waals surface area contributed by atoms with E-state index in [4.69, 9.17) is 0 Å². The molecule has 0 aliphatic rings. The Labute approximate surface area is 139 Å². The number of amides is 1. The smallest absolute Gasteiger partial charge is 0.243 e. The fraction of sp³-hybridized carbons (Fsp3) is 0.579. The van der Waals surface area contributed by atoms with Crippen LogP contribution in [-0.2, 0) is 11.3 Å². The summed E-state index contributed by atoms with van der Waals surface area (Å²) in [6.07, 6.45) is 3.73. The van der Waals surface area contributed by atoms with Gasteiger partial charge in [0.15, 0.2) is 0 Å². The molecular weight excluding hydrogens is 286 g/mol. The minimum Gasteiger partial charge on any atom is -0.336 e.